The molecule has 6 nitrogen and oxygen atoms in total. The van der Waals surface area contributed by atoms with Crippen molar-refractivity contribution < 1.29 is 9.53 Å². The van der Waals surface area contributed by atoms with Crippen molar-refractivity contribution in [1.29, 1.82) is 0 Å². The maximum atomic E-state index is 12.1. The second-order valence-corrected chi connectivity index (χ2v) is 6.85. The molecule has 158 valence electrons. The maximum Gasteiger partial charge on any atom is 0.251 e. The fourth-order valence-electron chi connectivity index (χ4n) is 3.24. The van der Waals surface area contributed by atoms with E-state index >= 15 is 0 Å². The van der Waals surface area contributed by atoms with Gasteiger partial charge in [-0.15, -0.1) is 24.0 Å². The van der Waals surface area contributed by atoms with Crippen LogP contribution in [0.5, 0.6) is 0 Å². The van der Waals surface area contributed by atoms with Crippen LogP contribution in [0.15, 0.2) is 29.3 Å². The van der Waals surface area contributed by atoms with Gasteiger partial charge in [-0.25, -0.2) is 0 Å². The molecule has 1 aliphatic heterocycles. The zero-order chi connectivity index (χ0) is 19.5. The molecule has 0 saturated carbocycles. The second kappa shape index (κ2) is 13.8. The second-order valence-electron chi connectivity index (χ2n) is 6.85. The lowest BCUT2D eigenvalue weighted by Crippen LogP contribution is -2.46. The molecule has 1 aliphatic rings. The predicted molar refractivity (Wildman–Crippen MR) is 126 cm³/mol. The van der Waals surface area contributed by atoms with Crippen LogP contribution in [0.25, 0.3) is 0 Å². The molecule has 2 N–H and O–H groups in total. The number of nitrogens with zero attached hydrogens (tertiary/aromatic N) is 2. The summed E-state index contributed by atoms with van der Waals surface area (Å²) in [4.78, 5) is 18.8. The van der Waals surface area contributed by atoms with Crippen LogP contribution in [0.1, 0.15) is 55.5 Å². The standard InChI is InChI=1S/C21H34N4O2.HI/c1-4-6-13-23-20(26)18-9-7-17(8-10-18)16-24-21(22-3)25-14-11-19(12-15-25)27-5-2;/h7-10,19H,4-6,11-16H2,1-3H3,(H,22,24)(H,23,26);1H. The fourth-order valence-corrected chi connectivity index (χ4v) is 3.24. The highest BCUT2D eigenvalue weighted by Crippen LogP contribution is 2.14. The first-order valence-electron chi connectivity index (χ1n) is 10.1. The minimum Gasteiger partial charge on any atom is -0.378 e. The first-order valence-corrected chi connectivity index (χ1v) is 10.1. The number of piperidine rings is 1. The molecule has 1 amide bonds. The molecule has 0 atom stereocenters. The summed E-state index contributed by atoms with van der Waals surface area (Å²) in [5.74, 6) is 0.919. The topological polar surface area (TPSA) is 66.0 Å². The van der Waals surface area contributed by atoms with Crippen LogP contribution in [0, 0.1) is 0 Å². The van der Waals surface area contributed by atoms with Crippen LogP contribution in [0.3, 0.4) is 0 Å². The monoisotopic (exact) mass is 502 g/mol. The third kappa shape index (κ3) is 7.95. The number of amides is 1. The van der Waals surface area contributed by atoms with E-state index < -0.39 is 0 Å². The van der Waals surface area contributed by atoms with E-state index in [0.717, 1.165) is 63.4 Å². The Morgan fingerprint density at radius 2 is 1.86 bits per heavy atom. The lowest BCUT2D eigenvalue weighted by molar-refractivity contribution is 0.0263. The molecule has 1 heterocycles. The van der Waals surface area contributed by atoms with Gasteiger partial charge in [-0.05, 0) is 43.9 Å². The summed E-state index contributed by atoms with van der Waals surface area (Å²) >= 11 is 0. The third-order valence-corrected chi connectivity index (χ3v) is 4.84. The number of unbranched alkanes of at least 4 members (excludes halogenated alkanes) is 1. The van der Waals surface area contributed by atoms with E-state index in [9.17, 15) is 4.79 Å². The zero-order valence-electron chi connectivity index (χ0n) is 17.4. The highest BCUT2D eigenvalue weighted by atomic mass is 127. The van der Waals surface area contributed by atoms with Crippen molar-refractivity contribution >= 4 is 35.8 Å². The van der Waals surface area contributed by atoms with Gasteiger partial charge in [0, 0.05) is 45.4 Å². The van der Waals surface area contributed by atoms with E-state index in [2.05, 4.69) is 27.4 Å². The molecule has 0 radical (unpaired) electrons. The lowest BCUT2D eigenvalue weighted by Gasteiger charge is -2.34. The van der Waals surface area contributed by atoms with E-state index in [1.165, 1.54) is 0 Å². The Labute approximate surface area is 186 Å². The summed E-state index contributed by atoms with van der Waals surface area (Å²) in [6, 6.07) is 7.76. The van der Waals surface area contributed by atoms with Gasteiger partial charge < -0.3 is 20.3 Å². The number of hydrogen-bond acceptors (Lipinski definition) is 3. The number of aliphatic imine (C=N–C) groups is 1. The summed E-state index contributed by atoms with van der Waals surface area (Å²) in [6.07, 6.45) is 4.54. The molecule has 2 rings (SSSR count). The van der Waals surface area contributed by atoms with Crippen molar-refractivity contribution in [3.05, 3.63) is 35.4 Å². The van der Waals surface area contributed by atoms with Crippen LogP contribution < -0.4 is 10.6 Å². The molecular weight excluding hydrogens is 467 g/mol. The van der Waals surface area contributed by atoms with Crippen molar-refractivity contribution in [3.63, 3.8) is 0 Å². The fraction of sp³-hybridized carbons (Fsp3) is 0.619. The SMILES string of the molecule is CCCCNC(=O)c1ccc(CNC(=NC)N2CCC(OCC)CC2)cc1.I. The lowest BCUT2D eigenvalue weighted by atomic mass is 10.1. The molecule has 1 saturated heterocycles. The molecular formula is C21H35IN4O2. The van der Waals surface area contributed by atoms with Gasteiger partial charge in [0.1, 0.15) is 0 Å². The molecule has 1 aromatic rings. The van der Waals surface area contributed by atoms with Gasteiger partial charge in [-0.2, -0.15) is 0 Å². The quantitative estimate of drug-likeness (QED) is 0.248. The first-order chi connectivity index (χ1) is 13.2. The Morgan fingerprint density at radius 3 is 2.43 bits per heavy atom. The Hall–Kier alpha value is -1.35. The molecule has 7 heteroatoms. The van der Waals surface area contributed by atoms with Crippen molar-refractivity contribution in [3.8, 4) is 0 Å². The molecule has 0 aliphatic carbocycles. The first kappa shape index (κ1) is 24.7. The van der Waals surface area contributed by atoms with Gasteiger partial charge >= 0.3 is 0 Å². The smallest absolute Gasteiger partial charge is 0.251 e. The van der Waals surface area contributed by atoms with Crippen molar-refractivity contribution in [2.75, 3.05) is 33.3 Å². The number of carbonyl (C=O) groups excluding carboxylic acids is 1. The molecule has 0 unspecified atom stereocenters. The van der Waals surface area contributed by atoms with Crippen LogP contribution >= 0.6 is 24.0 Å². The van der Waals surface area contributed by atoms with Crippen LogP contribution in [-0.2, 0) is 11.3 Å². The Morgan fingerprint density at radius 1 is 1.18 bits per heavy atom. The number of rotatable bonds is 8. The molecule has 0 aromatic heterocycles. The highest BCUT2D eigenvalue weighted by molar-refractivity contribution is 14.0. The van der Waals surface area contributed by atoms with E-state index in [1.807, 2.05) is 38.2 Å². The highest BCUT2D eigenvalue weighted by Gasteiger charge is 2.21. The summed E-state index contributed by atoms with van der Waals surface area (Å²) in [5, 5.41) is 6.37. The molecule has 1 aromatic carbocycles. The summed E-state index contributed by atoms with van der Waals surface area (Å²) in [6.45, 7) is 8.29. The van der Waals surface area contributed by atoms with Crippen LogP contribution in [0.2, 0.25) is 0 Å². The summed E-state index contributed by atoms with van der Waals surface area (Å²) in [5.41, 5.74) is 1.84. The van der Waals surface area contributed by atoms with Gasteiger partial charge in [0.2, 0.25) is 0 Å². The number of carbonyl (C=O) groups is 1. The number of halogens is 1. The molecule has 1 fully saturated rings. The summed E-state index contributed by atoms with van der Waals surface area (Å²) < 4.78 is 5.72. The Bertz CT molecular complexity index is 599. The number of likely N-dealkylation sites (tertiary alicyclic amines) is 1. The van der Waals surface area contributed by atoms with Crippen molar-refractivity contribution in [2.45, 2.75) is 52.2 Å². The number of ether oxygens (including phenoxy) is 1. The number of benzene rings is 1. The number of guanidine groups is 1. The van der Waals surface area contributed by atoms with Gasteiger partial charge in [0.15, 0.2) is 5.96 Å². The van der Waals surface area contributed by atoms with Gasteiger partial charge in [-0.1, -0.05) is 25.5 Å². The summed E-state index contributed by atoms with van der Waals surface area (Å²) in [7, 11) is 1.82. The average Bonchev–Trinajstić information content (AvgIpc) is 2.70. The normalized spacial score (nSPS) is 15.1. The zero-order valence-corrected chi connectivity index (χ0v) is 19.7. The van der Waals surface area contributed by atoms with E-state index in [4.69, 9.17) is 4.74 Å². The van der Waals surface area contributed by atoms with Crippen molar-refractivity contribution in [1.82, 2.24) is 15.5 Å². The van der Waals surface area contributed by atoms with Crippen LogP contribution in [0.4, 0.5) is 0 Å². The number of hydrogen-bond donors (Lipinski definition) is 2. The minimum absolute atomic E-state index is 0. The molecule has 28 heavy (non-hydrogen) atoms. The van der Waals surface area contributed by atoms with Gasteiger partial charge in [-0.3, -0.25) is 9.79 Å². The van der Waals surface area contributed by atoms with Crippen LogP contribution in [-0.4, -0.2) is 56.2 Å². The van der Waals surface area contributed by atoms with E-state index in [0.29, 0.717) is 18.2 Å². The predicted octanol–water partition coefficient (Wildman–Crippen LogP) is 3.41. The van der Waals surface area contributed by atoms with E-state index in [1.54, 1.807) is 0 Å². The number of nitrogens with one attached hydrogen (secondary N) is 2. The average molecular weight is 502 g/mol. The Balaban J connectivity index is 0.00000392. The minimum atomic E-state index is -0.00376. The van der Waals surface area contributed by atoms with Gasteiger partial charge in [0.25, 0.3) is 5.91 Å². The van der Waals surface area contributed by atoms with E-state index in [-0.39, 0.29) is 29.9 Å². The molecule has 0 bridgehead atoms. The maximum absolute atomic E-state index is 12.1. The molecule has 0 spiro atoms. The largest absolute Gasteiger partial charge is 0.378 e. The Kier molecular flexibility index (Phi) is 12.1. The third-order valence-electron chi connectivity index (χ3n) is 4.84. The van der Waals surface area contributed by atoms with Gasteiger partial charge in [0.05, 0.1) is 6.10 Å². The van der Waals surface area contributed by atoms with Crippen molar-refractivity contribution in [2.24, 2.45) is 4.99 Å².